The van der Waals surface area contributed by atoms with E-state index in [1.165, 1.54) is 0 Å². The summed E-state index contributed by atoms with van der Waals surface area (Å²) in [5.41, 5.74) is 4.85. The molecular formula is C14H11N3S. The normalized spacial score (nSPS) is 13.1. The van der Waals surface area contributed by atoms with E-state index < -0.39 is 0 Å². The van der Waals surface area contributed by atoms with Crippen LogP contribution in [0.4, 0.5) is 0 Å². The summed E-state index contributed by atoms with van der Waals surface area (Å²) in [5.74, 6) is 0. The van der Waals surface area contributed by atoms with Gasteiger partial charge < -0.3 is 10.3 Å². The highest BCUT2D eigenvalue weighted by Crippen LogP contribution is 2.31. The molecule has 0 aliphatic carbocycles. The van der Waals surface area contributed by atoms with Crippen LogP contribution in [0, 0.1) is 16.0 Å². The van der Waals surface area contributed by atoms with Gasteiger partial charge in [0.15, 0.2) is 0 Å². The summed E-state index contributed by atoms with van der Waals surface area (Å²) >= 11 is 5.27. The van der Waals surface area contributed by atoms with E-state index in [0.717, 1.165) is 35.5 Å². The number of fused-ring (bicyclic) bond motifs is 1. The van der Waals surface area contributed by atoms with E-state index in [2.05, 4.69) is 16.4 Å². The highest BCUT2D eigenvalue weighted by atomic mass is 32.1. The molecule has 1 aliphatic heterocycles. The minimum Gasteiger partial charge on any atom is -0.348 e. The van der Waals surface area contributed by atoms with E-state index in [1.807, 2.05) is 30.3 Å². The Bertz CT molecular complexity index is 695. The largest absolute Gasteiger partial charge is 0.348 e. The van der Waals surface area contributed by atoms with Crippen LogP contribution in [0.3, 0.4) is 0 Å². The maximum absolute atomic E-state index is 9.33. The summed E-state index contributed by atoms with van der Waals surface area (Å²) in [5, 5.41) is 12.6. The second kappa shape index (κ2) is 4.37. The molecule has 0 amide bonds. The van der Waals surface area contributed by atoms with Crippen molar-refractivity contribution in [3.63, 3.8) is 0 Å². The Labute approximate surface area is 110 Å². The third kappa shape index (κ3) is 1.65. The summed E-state index contributed by atoms with van der Waals surface area (Å²) < 4.78 is 0.527. The summed E-state index contributed by atoms with van der Waals surface area (Å²) in [4.78, 5) is 3.15. The minimum absolute atomic E-state index is 0.527. The molecule has 0 fully saturated rings. The zero-order valence-electron chi connectivity index (χ0n) is 9.66. The van der Waals surface area contributed by atoms with Gasteiger partial charge in [0.05, 0.1) is 5.56 Å². The summed E-state index contributed by atoms with van der Waals surface area (Å²) in [6.45, 7) is 1.56. The van der Waals surface area contributed by atoms with Crippen LogP contribution in [0.15, 0.2) is 30.3 Å². The molecule has 0 saturated carbocycles. The number of pyridine rings is 1. The first-order valence-corrected chi connectivity index (χ1v) is 6.16. The van der Waals surface area contributed by atoms with Gasteiger partial charge >= 0.3 is 0 Å². The minimum atomic E-state index is 0.527. The van der Waals surface area contributed by atoms with Crippen molar-refractivity contribution in [1.29, 1.82) is 5.26 Å². The Morgan fingerprint density at radius 3 is 2.67 bits per heavy atom. The number of aromatic nitrogens is 1. The molecule has 2 heterocycles. The lowest BCUT2D eigenvalue weighted by Gasteiger charge is -2.10. The van der Waals surface area contributed by atoms with Crippen molar-refractivity contribution in [2.24, 2.45) is 0 Å². The first-order valence-electron chi connectivity index (χ1n) is 5.75. The molecule has 0 spiro atoms. The van der Waals surface area contributed by atoms with Gasteiger partial charge in [-0.15, -0.1) is 0 Å². The molecule has 0 bridgehead atoms. The number of aromatic amines is 1. The number of nitrogens with zero attached hydrogens (tertiary/aromatic N) is 1. The lowest BCUT2D eigenvalue weighted by molar-refractivity contribution is 0.757. The standard InChI is InChI=1S/C14H11N3S/c15-6-10-13(9-4-2-1-3-5-9)11-7-16-8-12(11)17-14(10)18/h1-5,16H,7-8H2,(H,17,18). The molecule has 2 N–H and O–H groups in total. The summed E-state index contributed by atoms with van der Waals surface area (Å²) in [7, 11) is 0. The predicted molar refractivity (Wildman–Crippen MR) is 72.3 cm³/mol. The number of nitrogens with one attached hydrogen (secondary N) is 2. The average molecular weight is 253 g/mol. The SMILES string of the molecule is N#Cc1c(-c2ccccc2)c2c([nH]c1=S)CNC2. The van der Waals surface area contributed by atoms with Crippen LogP contribution < -0.4 is 5.32 Å². The first-order chi connectivity index (χ1) is 8.81. The van der Waals surface area contributed by atoms with Crippen LogP contribution in [-0.4, -0.2) is 4.98 Å². The molecule has 88 valence electrons. The van der Waals surface area contributed by atoms with Gasteiger partial charge in [0.1, 0.15) is 10.7 Å². The van der Waals surface area contributed by atoms with Gasteiger partial charge in [-0.05, 0) is 11.1 Å². The second-order valence-corrected chi connectivity index (χ2v) is 4.65. The van der Waals surface area contributed by atoms with E-state index in [4.69, 9.17) is 12.2 Å². The smallest absolute Gasteiger partial charge is 0.122 e. The average Bonchev–Trinajstić information content (AvgIpc) is 2.85. The molecule has 1 aromatic heterocycles. The molecule has 2 aromatic rings. The van der Waals surface area contributed by atoms with E-state index in [9.17, 15) is 5.26 Å². The van der Waals surface area contributed by atoms with Crippen molar-refractivity contribution in [1.82, 2.24) is 10.3 Å². The fourth-order valence-electron chi connectivity index (χ4n) is 2.38. The van der Waals surface area contributed by atoms with Crippen LogP contribution in [0.1, 0.15) is 16.8 Å². The first kappa shape index (κ1) is 11.1. The molecule has 4 heteroatoms. The zero-order chi connectivity index (χ0) is 12.5. The van der Waals surface area contributed by atoms with Crippen LogP contribution in [-0.2, 0) is 13.1 Å². The van der Waals surface area contributed by atoms with Gasteiger partial charge in [-0.1, -0.05) is 42.5 Å². The van der Waals surface area contributed by atoms with Crippen LogP contribution >= 0.6 is 12.2 Å². The Hall–Kier alpha value is -1.96. The van der Waals surface area contributed by atoms with Crippen molar-refractivity contribution in [3.05, 3.63) is 51.8 Å². The fourth-order valence-corrected chi connectivity index (χ4v) is 2.65. The van der Waals surface area contributed by atoms with Crippen LogP contribution in [0.25, 0.3) is 11.1 Å². The fraction of sp³-hybridized carbons (Fsp3) is 0.143. The zero-order valence-corrected chi connectivity index (χ0v) is 10.5. The lowest BCUT2D eigenvalue weighted by atomic mass is 9.96. The molecule has 0 radical (unpaired) electrons. The monoisotopic (exact) mass is 253 g/mol. The maximum atomic E-state index is 9.33. The molecule has 1 aromatic carbocycles. The number of hydrogen-bond acceptors (Lipinski definition) is 3. The van der Waals surface area contributed by atoms with Crippen molar-refractivity contribution >= 4 is 12.2 Å². The number of nitriles is 1. The molecule has 1 aliphatic rings. The molecule has 0 atom stereocenters. The van der Waals surface area contributed by atoms with Gasteiger partial charge in [0.25, 0.3) is 0 Å². The van der Waals surface area contributed by atoms with Crippen molar-refractivity contribution in [3.8, 4) is 17.2 Å². The van der Waals surface area contributed by atoms with Gasteiger partial charge in [-0.3, -0.25) is 0 Å². The van der Waals surface area contributed by atoms with Crippen LogP contribution in [0.2, 0.25) is 0 Å². The lowest BCUT2D eigenvalue weighted by Crippen LogP contribution is -2.00. The van der Waals surface area contributed by atoms with Gasteiger partial charge in [0, 0.05) is 24.3 Å². The van der Waals surface area contributed by atoms with Gasteiger partial charge in [-0.25, -0.2) is 0 Å². The maximum Gasteiger partial charge on any atom is 0.122 e. The van der Waals surface area contributed by atoms with Crippen molar-refractivity contribution in [2.75, 3.05) is 0 Å². The van der Waals surface area contributed by atoms with E-state index >= 15 is 0 Å². The second-order valence-electron chi connectivity index (χ2n) is 4.24. The third-order valence-corrected chi connectivity index (χ3v) is 3.49. The Morgan fingerprint density at radius 1 is 1.17 bits per heavy atom. The quantitative estimate of drug-likeness (QED) is 0.768. The number of hydrogen-bond donors (Lipinski definition) is 2. The molecule has 0 unspecified atom stereocenters. The third-order valence-electron chi connectivity index (χ3n) is 3.19. The molecule has 18 heavy (non-hydrogen) atoms. The van der Waals surface area contributed by atoms with E-state index in [0.29, 0.717) is 10.2 Å². The van der Waals surface area contributed by atoms with Gasteiger partial charge in [-0.2, -0.15) is 5.26 Å². The molecule has 3 nitrogen and oxygen atoms in total. The van der Waals surface area contributed by atoms with E-state index in [1.54, 1.807) is 0 Å². The topological polar surface area (TPSA) is 51.6 Å². The summed E-state index contributed by atoms with van der Waals surface area (Å²) in [6, 6.07) is 12.2. The van der Waals surface area contributed by atoms with E-state index in [-0.39, 0.29) is 0 Å². The highest BCUT2D eigenvalue weighted by Gasteiger charge is 2.20. The van der Waals surface area contributed by atoms with Crippen molar-refractivity contribution < 1.29 is 0 Å². The molecular weight excluding hydrogens is 242 g/mol. The molecule has 0 saturated heterocycles. The van der Waals surface area contributed by atoms with Crippen molar-refractivity contribution in [2.45, 2.75) is 13.1 Å². The number of H-pyrrole nitrogens is 1. The van der Waals surface area contributed by atoms with Crippen LogP contribution in [0.5, 0.6) is 0 Å². The Kier molecular flexibility index (Phi) is 2.71. The molecule has 3 rings (SSSR count). The summed E-state index contributed by atoms with van der Waals surface area (Å²) in [6.07, 6.45) is 0. The van der Waals surface area contributed by atoms with Gasteiger partial charge in [0.2, 0.25) is 0 Å². The predicted octanol–water partition coefficient (Wildman–Crippen LogP) is 2.89. The number of rotatable bonds is 1. The highest BCUT2D eigenvalue weighted by molar-refractivity contribution is 7.71. The Balaban J connectivity index is 2.38. The number of benzene rings is 1. The Morgan fingerprint density at radius 2 is 1.94 bits per heavy atom.